The van der Waals surface area contributed by atoms with Crippen molar-refractivity contribution in [3.05, 3.63) is 34.4 Å². The van der Waals surface area contributed by atoms with E-state index in [2.05, 4.69) is 20.9 Å². The fourth-order valence-corrected chi connectivity index (χ4v) is 4.95. The number of sulfone groups is 1. The Hall–Kier alpha value is -1.14. The van der Waals surface area contributed by atoms with Gasteiger partial charge in [0.2, 0.25) is 0 Å². The Kier molecular flexibility index (Phi) is 3.46. The third-order valence-corrected chi connectivity index (χ3v) is 6.45. The molecule has 3 rings (SSSR count). The number of hydrogen-bond donors (Lipinski definition) is 1. The second-order valence-electron chi connectivity index (χ2n) is 5.11. The highest BCUT2D eigenvalue weighted by Crippen LogP contribution is 2.28. The van der Waals surface area contributed by atoms with Crippen molar-refractivity contribution in [2.75, 3.05) is 5.75 Å². The van der Waals surface area contributed by atoms with E-state index in [-0.39, 0.29) is 11.5 Å². The molecular formula is C14H14BrNO3S. The lowest BCUT2D eigenvalue weighted by molar-refractivity contribution is 0.0983. The van der Waals surface area contributed by atoms with Crippen LogP contribution in [0.5, 0.6) is 0 Å². The smallest absolute Gasteiger partial charge is 0.183 e. The Balaban J connectivity index is 2.06. The molecule has 2 aromatic rings. The van der Waals surface area contributed by atoms with Crippen LogP contribution < -0.4 is 0 Å². The molecular weight excluding hydrogens is 342 g/mol. The van der Waals surface area contributed by atoms with Crippen LogP contribution in [-0.2, 0) is 9.84 Å². The SMILES string of the molecule is O=C(c1c[nH]c2ccc(Br)cc12)C1CCCCS1(=O)=O. The number of Topliss-reactive ketones (excluding diaryl/α,β-unsaturated/α-hetero) is 1. The highest BCUT2D eigenvalue weighted by Gasteiger charge is 2.36. The molecule has 6 heteroatoms. The zero-order valence-electron chi connectivity index (χ0n) is 10.7. The average Bonchev–Trinajstić information content (AvgIpc) is 2.80. The second kappa shape index (κ2) is 5.00. The number of carbonyl (C=O) groups is 1. The van der Waals surface area contributed by atoms with Gasteiger partial charge >= 0.3 is 0 Å². The Bertz CT molecular complexity index is 779. The van der Waals surface area contributed by atoms with Gasteiger partial charge in [-0.05, 0) is 31.0 Å². The first-order chi connectivity index (χ1) is 9.49. The molecule has 0 radical (unpaired) electrons. The van der Waals surface area contributed by atoms with Crippen molar-refractivity contribution < 1.29 is 13.2 Å². The fraction of sp³-hybridized carbons (Fsp3) is 0.357. The molecule has 1 aromatic heterocycles. The first kappa shape index (κ1) is 13.8. The van der Waals surface area contributed by atoms with E-state index in [4.69, 9.17) is 0 Å². The molecule has 4 nitrogen and oxygen atoms in total. The summed E-state index contributed by atoms with van der Waals surface area (Å²) < 4.78 is 25.0. The van der Waals surface area contributed by atoms with Gasteiger partial charge in [-0.1, -0.05) is 22.4 Å². The lowest BCUT2D eigenvalue weighted by atomic mass is 10.0. The number of halogens is 1. The summed E-state index contributed by atoms with van der Waals surface area (Å²) in [6.07, 6.45) is 3.50. The average molecular weight is 356 g/mol. The Labute approximate surface area is 125 Å². The summed E-state index contributed by atoms with van der Waals surface area (Å²) in [4.78, 5) is 15.6. The molecule has 1 aliphatic rings. The van der Waals surface area contributed by atoms with Crippen LogP contribution in [0.1, 0.15) is 29.6 Å². The van der Waals surface area contributed by atoms with Crippen LogP contribution >= 0.6 is 15.9 Å². The fourth-order valence-electron chi connectivity index (χ4n) is 2.72. The molecule has 1 fully saturated rings. The molecule has 1 aliphatic heterocycles. The van der Waals surface area contributed by atoms with Gasteiger partial charge in [-0.3, -0.25) is 4.79 Å². The van der Waals surface area contributed by atoms with E-state index in [9.17, 15) is 13.2 Å². The summed E-state index contributed by atoms with van der Waals surface area (Å²) >= 11 is 3.38. The molecule has 20 heavy (non-hydrogen) atoms. The molecule has 0 amide bonds. The number of hydrogen-bond acceptors (Lipinski definition) is 3. The number of aromatic nitrogens is 1. The zero-order valence-corrected chi connectivity index (χ0v) is 13.1. The van der Waals surface area contributed by atoms with E-state index in [0.29, 0.717) is 18.4 Å². The number of benzene rings is 1. The number of H-pyrrole nitrogens is 1. The van der Waals surface area contributed by atoms with Gasteiger partial charge in [0.25, 0.3) is 0 Å². The predicted molar refractivity (Wildman–Crippen MR) is 81.8 cm³/mol. The summed E-state index contributed by atoms with van der Waals surface area (Å²) in [7, 11) is -3.30. The highest BCUT2D eigenvalue weighted by molar-refractivity contribution is 9.10. The van der Waals surface area contributed by atoms with Crippen LogP contribution in [-0.4, -0.2) is 30.2 Å². The summed E-state index contributed by atoms with van der Waals surface area (Å²) in [5, 5.41) is -0.112. The van der Waals surface area contributed by atoms with Gasteiger partial charge in [0.05, 0.1) is 5.75 Å². The molecule has 1 N–H and O–H groups in total. The number of fused-ring (bicyclic) bond motifs is 1. The monoisotopic (exact) mass is 355 g/mol. The Morgan fingerprint density at radius 2 is 2.10 bits per heavy atom. The number of ketones is 1. The lowest BCUT2D eigenvalue weighted by Gasteiger charge is -2.20. The van der Waals surface area contributed by atoms with Crippen molar-refractivity contribution in [3.63, 3.8) is 0 Å². The predicted octanol–water partition coefficient (Wildman–Crippen LogP) is 3.08. The van der Waals surface area contributed by atoms with Crippen LogP contribution in [0.25, 0.3) is 10.9 Å². The van der Waals surface area contributed by atoms with Crippen molar-refractivity contribution in [2.24, 2.45) is 0 Å². The Morgan fingerprint density at radius 1 is 1.30 bits per heavy atom. The first-order valence-corrected chi connectivity index (χ1v) is 9.02. The molecule has 0 bridgehead atoms. The van der Waals surface area contributed by atoms with Gasteiger partial charge in [0.15, 0.2) is 15.6 Å². The molecule has 0 aliphatic carbocycles. The van der Waals surface area contributed by atoms with Crippen LogP contribution in [0.15, 0.2) is 28.9 Å². The van der Waals surface area contributed by atoms with E-state index < -0.39 is 15.1 Å². The quantitative estimate of drug-likeness (QED) is 0.841. The van der Waals surface area contributed by atoms with Gasteiger partial charge in [0, 0.05) is 27.1 Å². The standard InChI is InChI=1S/C14H14BrNO3S/c15-9-4-5-12-10(7-9)11(8-16-12)14(17)13-3-1-2-6-20(13,18)19/h4-5,7-8,13,16H,1-3,6H2. The van der Waals surface area contributed by atoms with Gasteiger partial charge in [-0.15, -0.1) is 0 Å². The van der Waals surface area contributed by atoms with Gasteiger partial charge < -0.3 is 4.98 Å². The molecule has 1 unspecified atom stereocenters. The summed E-state index contributed by atoms with van der Waals surface area (Å²) in [5.74, 6) is -0.163. The van der Waals surface area contributed by atoms with Gasteiger partial charge in [0.1, 0.15) is 5.25 Å². The third kappa shape index (κ3) is 2.31. The third-order valence-electron chi connectivity index (χ3n) is 3.78. The van der Waals surface area contributed by atoms with E-state index in [1.165, 1.54) is 0 Å². The van der Waals surface area contributed by atoms with E-state index in [1.807, 2.05) is 18.2 Å². The van der Waals surface area contributed by atoms with Crippen LogP contribution in [0, 0.1) is 0 Å². The maximum atomic E-state index is 12.6. The van der Waals surface area contributed by atoms with Crippen molar-refractivity contribution in [2.45, 2.75) is 24.5 Å². The van der Waals surface area contributed by atoms with Crippen molar-refractivity contribution in [1.82, 2.24) is 4.98 Å². The number of aromatic amines is 1. The Morgan fingerprint density at radius 3 is 2.85 bits per heavy atom. The second-order valence-corrected chi connectivity index (χ2v) is 8.33. The van der Waals surface area contributed by atoms with Gasteiger partial charge in [-0.2, -0.15) is 0 Å². The first-order valence-electron chi connectivity index (χ1n) is 6.51. The van der Waals surface area contributed by atoms with Crippen molar-refractivity contribution in [1.29, 1.82) is 0 Å². The van der Waals surface area contributed by atoms with E-state index in [1.54, 1.807) is 6.20 Å². The summed E-state index contributed by atoms with van der Waals surface area (Å²) in [6.45, 7) is 0. The topological polar surface area (TPSA) is 67.0 Å². The molecule has 0 saturated carbocycles. The minimum Gasteiger partial charge on any atom is -0.360 e. The lowest BCUT2D eigenvalue weighted by Crippen LogP contribution is -2.35. The summed E-state index contributed by atoms with van der Waals surface area (Å²) in [6, 6.07) is 5.59. The number of carbonyl (C=O) groups excluding carboxylic acids is 1. The minimum absolute atomic E-state index is 0.120. The molecule has 2 heterocycles. The van der Waals surface area contributed by atoms with E-state index in [0.717, 1.165) is 21.8 Å². The van der Waals surface area contributed by atoms with Crippen molar-refractivity contribution >= 4 is 42.5 Å². The van der Waals surface area contributed by atoms with E-state index >= 15 is 0 Å². The van der Waals surface area contributed by atoms with Gasteiger partial charge in [-0.25, -0.2) is 8.42 Å². The molecule has 1 atom stereocenters. The summed E-state index contributed by atoms with van der Waals surface area (Å²) in [5.41, 5.74) is 1.31. The van der Waals surface area contributed by atoms with Crippen LogP contribution in [0.4, 0.5) is 0 Å². The maximum Gasteiger partial charge on any atom is 0.183 e. The molecule has 106 valence electrons. The molecule has 1 saturated heterocycles. The highest BCUT2D eigenvalue weighted by atomic mass is 79.9. The number of nitrogens with one attached hydrogen (secondary N) is 1. The largest absolute Gasteiger partial charge is 0.360 e. The minimum atomic E-state index is -3.30. The number of rotatable bonds is 2. The molecule has 0 spiro atoms. The maximum absolute atomic E-state index is 12.6. The normalized spacial score (nSPS) is 21.9. The van der Waals surface area contributed by atoms with Crippen LogP contribution in [0.3, 0.4) is 0 Å². The van der Waals surface area contributed by atoms with Crippen molar-refractivity contribution in [3.8, 4) is 0 Å². The molecule has 1 aromatic carbocycles. The van der Waals surface area contributed by atoms with Crippen LogP contribution in [0.2, 0.25) is 0 Å². The zero-order chi connectivity index (χ0) is 14.3.